The van der Waals surface area contributed by atoms with Gasteiger partial charge in [0.2, 0.25) is 5.91 Å². The van der Waals surface area contributed by atoms with Crippen LogP contribution in [0.15, 0.2) is 71.6 Å². The number of carbonyl (C=O) groups excluding carboxylic acids is 1. The van der Waals surface area contributed by atoms with Crippen LogP contribution in [0.5, 0.6) is 0 Å². The summed E-state index contributed by atoms with van der Waals surface area (Å²) >= 11 is 0. The minimum Gasteiger partial charge on any atom is -0.348 e. The van der Waals surface area contributed by atoms with Gasteiger partial charge in [-0.1, -0.05) is 61.0 Å². The van der Waals surface area contributed by atoms with Crippen molar-refractivity contribution >= 4 is 21.6 Å². The number of nitrogens with one attached hydrogen (secondary N) is 1. The highest BCUT2D eigenvalue weighted by Gasteiger charge is 2.36. The number of carbonyl (C=O) groups is 1. The third kappa shape index (κ3) is 3.95. The maximum Gasteiger partial charge on any atom is 0.265 e. The second kappa shape index (κ2) is 8.19. The van der Waals surface area contributed by atoms with Crippen LogP contribution in [0.2, 0.25) is 0 Å². The molecule has 3 aromatic carbocycles. The van der Waals surface area contributed by atoms with Crippen molar-refractivity contribution in [3.63, 3.8) is 0 Å². The summed E-state index contributed by atoms with van der Waals surface area (Å²) in [6.07, 6.45) is 0.844. The number of benzene rings is 3. The van der Waals surface area contributed by atoms with Gasteiger partial charge >= 0.3 is 0 Å². The molecule has 1 heterocycles. The zero-order valence-corrected chi connectivity index (χ0v) is 18.7. The van der Waals surface area contributed by atoms with E-state index in [9.17, 15) is 13.2 Å². The Morgan fingerprint density at radius 3 is 2.42 bits per heavy atom. The topological polar surface area (TPSA) is 66.5 Å². The molecule has 1 unspecified atom stereocenters. The van der Waals surface area contributed by atoms with Crippen molar-refractivity contribution in [3.8, 4) is 11.1 Å². The number of amides is 1. The van der Waals surface area contributed by atoms with Crippen molar-refractivity contribution in [3.05, 3.63) is 83.4 Å². The van der Waals surface area contributed by atoms with E-state index in [2.05, 4.69) is 12.2 Å². The summed E-state index contributed by atoms with van der Waals surface area (Å²) in [7, 11) is -3.84. The summed E-state index contributed by atoms with van der Waals surface area (Å²) in [5.41, 5.74) is 5.28. The first-order valence-electron chi connectivity index (χ1n) is 10.4. The predicted octanol–water partition coefficient (Wildman–Crippen LogP) is 4.61. The molecule has 1 aliphatic heterocycles. The highest BCUT2D eigenvalue weighted by Crippen LogP contribution is 2.43. The van der Waals surface area contributed by atoms with Crippen LogP contribution in [0.1, 0.15) is 36.6 Å². The summed E-state index contributed by atoms with van der Waals surface area (Å²) in [6, 6.07) is 20.4. The molecule has 3 aromatic rings. The van der Waals surface area contributed by atoms with Crippen LogP contribution in [0.3, 0.4) is 0 Å². The highest BCUT2D eigenvalue weighted by atomic mass is 32.2. The average Bonchev–Trinajstić information content (AvgIpc) is 2.77. The fraction of sp³-hybridized carbons (Fsp3) is 0.240. The van der Waals surface area contributed by atoms with E-state index >= 15 is 0 Å². The summed E-state index contributed by atoms with van der Waals surface area (Å²) in [5, 5.41) is 2.93. The van der Waals surface area contributed by atoms with E-state index in [0.717, 1.165) is 28.7 Å². The number of fused-ring (bicyclic) bond motifs is 3. The van der Waals surface area contributed by atoms with Crippen molar-refractivity contribution in [2.24, 2.45) is 0 Å². The van der Waals surface area contributed by atoms with E-state index in [1.54, 1.807) is 18.2 Å². The molecule has 1 atom stereocenters. The molecule has 0 aliphatic carbocycles. The zero-order chi connectivity index (χ0) is 22.2. The molecule has 0 aromatic heterocycles. The van der Waals surface area contributed by atoms with Gasteiger partial charge in [-0.05, 0) is 49.6 Å². The van der Waals surface area contributed by atoms with Crippen molar-refractivity contribution < 1.29 is 13.2 Å². The number of sulfonamides is 1. The molecule has 4 rings (SSSR count). The molecule has 0 fully saturated rings. The Bertz CT molecular complexity index is 1230. The van der Waals surface area contributed by atoms with E-state index in [1.165, 1.54) is 4.31 Å². The Labute approximate surface area is 183 Å². The lowest BCUT2D eigenvalue weighted by Crippen LogP contribution is -2.43. The number of hydrogen-bond acceptors (Lipinski definition) is 3. The zero-order valence-electron chi connectivity index (χ0n) is 17.9. The van der Waals surface area contributed by atoms with Gasteiger partial charge in [0.15, 0.2) is 0 Å². The Morgan fingerprint density at radius 1 is 1.00 bits per heavy atom. The molecule has 0 spiro atoms. The average molecular weight is 435 g/mol. The van der Waals surface area contributed by atoms with Crippen LogP contribution in [0.4, 0.5) is 5.69 Å². The molecular formula is C25H26N2O3S. The fourth-order valence-corrected chi connectivity index (χ4v) is 5.57. The first-order chi connectivity index (χ1) is 14.8. The lowest BCUT2D eigenvalue weighted by molar-refractivity contribution is -0.120. The maximum atomic E-state index is 13.4. The van der Waals surface area contributed by atoms with Crippen LogP contribution < -0.4 is 9.62 Å². The van der Waals surface area contributed by atoms with E-state index < -0.39 is 10.0 Å². The molecule has 6 heteroatoms. The summed E-state index contributed by atoms with van der Waals surface area (Å²) in [4.78, 5) is 13.1. The van der Waals surface area contributed by atoms with Gasteiger partial charge < -0.3 is 5.32 Å². The Kier molecular flexibility index (Phi) is 5.58. The van der Waals surface area contributed by atoms with Gasteiger partial charge in [0.05, 0.1) is 16.6 Å². The third-order valence-corrected chi connectivity index (χ3v) is 7.54. The predicted molar refractivity (Wildman–Crippen MR) is 124 cm³/mol. The van der Waals surface area contributed by atoms with E-state index in [-0.39, 0.29) is 23.4 Å². The number of nitrogens with zero attached hydrogens (tertiary/aromatic N) is 1. The van der Waals surface area contributed by atoms with Crippen molar-refractivity contribution in [1.29, 1.82) is 0 Å². The number of rotatable bonds is 5. The highest BCUT2D eigenvalue weighted by molar-refractivity contribution is 7.93. The van der Waals surface area contributed by atoms with Crippen LogP contribution in [0.25, 0.3) is 11.1 Å². The van der Waals surface area contributed by atoms with Gasteiger partial charge in [-0.25, -0.2) is 8.42 Å². The first kappa shape index (κ1) is 21.1. The normalized spacial score (nSPS) is 15.0. The molecule has 0 radical (unpaired) electrons. The quantitative estimate of drug-likeness (QED) is 0.638. The van der Waals surface area contributed by atoms with Gasteiger partial charge in [0.1, 0.15) is 6.54 Å². The minimum absolute atomic E-state index is 0.227. The molecule has 31 heavy (non-hydrogen) atoms. The minimum atomic E-state index is -3.84. The Hall–Kier alpha value is -3.12. The smallest absolute Gasteiger partial charge is 0.265 e. The van der Waals surface area contributed by atoms with Crippen molar-refractivity contribution in [1.82, 2.24) is 5.32 Å². The maximum absolute atomic E-state index is 13.4. The van der Waals surface area contributed by atoms with Gasteiger partial charge in [0.25, 0.3) is 10.0 Å². The molecular weight excluding hydrogens is 408 g/mol. The lowest BCUT2D eigenvalue weighted by atomic mass is 9.99. The van der Waals surface area contributed by atoms with Gasteiger partial charge in [0, 0.05) is 11.1 Å². The molecule has 0 saturated heterocycles. The third-order valence-electron chi connectivity index (χ3n) is 5.73. The number of hydrogen-bond donors (Lipinski definition) is 1. The first-order valence-corrected chi connectivity index (χ1v) is 11.9. The van der Waals surface area contributed by atoms with Crippen molar-refractivity contribution in [2.75, 3.05) is 10.8 Å². The molecule has 1 N–H and O–H groups in total. The Balaban J connectivity index is 1.66. The van der Waals surface area contributed by atoms with Gasteiger partial charge in [-0.15, -0.1) is 0 Å². The van der Waals surface area contributed by atoms with E-state index in [0.29, 0.717) is 11.3 Å². The van der Waals surface area contributed by atoms with Crippen molar-refractivity contribution in [2.45, 2.75) is 38.1 Å². The molecule has 0 bridgehead atoms. The molecule has 1 amide bonds. The van der Waals surface area contributed by atoms with E-state index in [4.69, 9.17) is 0 Å². The second-order valence-corrected chi connectivity index (χ2v) is 9.74. The SMILES string of the molecule is CCc1ccc2c(c1)-c1ccccc1S(=O)(=O)N2CC(=O)NC(C)c1ccc(C)cc1. The molecule has 160 valence electrons. The molecule has 5 nitrogen and oxygen atoms in total. The summed E-state index contributed by atoms with van der Waals surface area (Å²) in [6.45, 7) is 5.69. The van der Waals surface area contributed by atoms with Crippen LogP contribution in [-0.4, -0.2) is 20.9 Å². The Morgan fingerprint density at radius 2 is 1.71 bits per heavy atom. The van der Waals surface area contributed by atoms with Gasteiger partial charge in [-0.3, -0.25) is 9.10 Å². The largest absolute Gasteiger partial charge is 0.348 e. The standard InChI is InChI=1S/C25H26N2O3S/c1-4-19-11-14-23-22(15-19)21-7-5-6-8-24(21)31(29,30)27(23)16-25(28)26-18(3)20-12-9-17(2)10-13-20/h5-15,18H,4,16H2,1-3H3,(H,26,28). The molecule has 0 saturated carbocycles. The lowest BCUT2D eigenvalue weighted by Gasteiger charge is -2.32. The fourth-order valence-electron chi connectivity index (χ4n) is 3.92. The van der Waals surface area contributed by atoms with E-state index in [1.807, 2.05) is 62.4 Å². The second-order valence-electron chi connectivity index (χ2n) is 7.91. The van der Waals surface area contributed by atoms with Crippen LogP contribution in [0, 0.1) is 6.92 Å². The number of aryl methyl sites for hydroxylation is 2. The molecule has 1 aliphatic rings. The summed E-state index contributed by atoms with van der Waals surface area (Å²) in [5.74, 6) is -0.346. The number of anilines is 1. The van der Waals surface area contributed by atoms with Crippen LogP contribution in [-0.2, 0) is 21.2 Å². The summed E-state index contributed by atoms with van der Waals surface area (Å²) < 4.78 is 28.0. The monoisotopic (exact) mass is 434 g/mol. The van der Waals surface area contributed by atoms with Gasteiger partial charge in [-0.2, -0.15) is 0 Å². The van der Waals surface area contributed by atoms with Crippen LogP contribution >= 0.6 is 0 Å².